The van der Waals surface area contributed by atoms with E-state index in [2.05, 4.69) is 11.0 Å². The van der Waals surface area contributed by atoms with Gasteiger partial charge in [-0.25, -0.2) is 0 Å². The van der Waals surface area contributed by atoms with Crippen molar-refractivity contribution >= 4 is 17.3 Å². The van der Waals surface area contributed by atoms with Crippen molar-refractivity contribution in [3.05, 3.63) is 28.8 Å². The lowest BCUT2D eigenvalue weighted by atomic mass is 9.77. The van der Waals surface area contributed by atoms with Crippen LogP contribution < -0.4 is 4.90 Å². The maximum absolute atomic E-state index is 9.49. The largest absolute Gasteiger partial charge is 0.392 e. The molecule has 2 fully saturated rings. The molecule has 1 saturated carbocycles. The molecule has 2 nitrogen and oxygen atoms in total. The van der Waals surface area contributed by atoms with Crippen molar-refractivity contribution in [3.8, 4) is 0 Å². The molecule has 1 aliphatic carbocycles. The number of aliphatic hydroxyl groups excluding tert-OH is 1. The number of hydrogen-bond acceptors (Lipinski definition) is 2. The highest BCUT2D eigenvalue weighted by molar-refractivity contribution is 6.30. The van der Waals surface area contributed by atoms with E-state index in [4.69, 9.17) is 11.6 Å². The van der Waals surface area contributed by atoms with E-state index >= 15 is 0 Å². The molecule has 3 rings (SSSR count). The van der Waals surface area contributed by atoms with Crippen LogP contribution in [-0.2, 0) is 6.61 Å². The van der Waals surface area contributed by atoms with Crippen LogP contribution in [0.3, 0.4) is 0 Å². The van der Waals surface area contributed by atoms with Gasteiger partial charge in [-0.05, 0) is 49.3 Å². The number of piperidine rings is 1. The fourth-order valence-electron chi connectivity index (χ4n) is 3.62. The Morgan fingerprint density at radius 3 is 2.61 bits per heavy atom. The first-order valence-electron chi connectivity index (χ1n) is 6.90. The van der Waals surface area contributed by atoms with Crippen LogP contribution in [0, 0.1) is 11.8 Å². The Morgan fingerprint density at radius 2 is 1.94 bits per heavy atom. The number of benzene rings is 1. The van der Waals surface area contributed by atoms with Gasteiger partial charge in [0.05, 0.1) is 6.61 Å². The molecule has 1 aromatic carbocycles. The van der Waals surface area contributed by atoms with E-state index in [9.17, 15) is 5.11 Å². The summed E-state index contributed by atoms with van der Waals surface area (Å²) in [7, 11) is 0. The van der Waals surface area contributed by atoms with Gasteiger partial charge in [-0.2, -0.15) is 0 Å². The zero-order valence-electron chi connectivity index (χ0n) is 10.6. The zero-order chi connectivity index (χ0) is 12.5. The van der Waals surface area contributed by atoms with Gasteiger partial charge in [0.2, 0.25) is 0 Å². The van der Waals surface area contributed by atoms with Crippen LogP contribution in [-0.4, -0.2) is 18.2 Å². The average molecular weight is 266 g/mol. The summed E-state index contributed by atoms with van der Waals surface area (Å²) < 4.78 is 0. The summed E-state index contributed by atoms with van der Waals surface area (Å²) in [4.78, 5) is 2.46. The minimum Gasteiger partial charge on any atom is -0.392 e. The summed E-state index contributed by atoms with van der Waals surface area (Å²) in [5.41, 5.74) is 2.14. The monoisotopic (exact) mass is 265 g/mol. The highest BCUT2D eigenvalue weighted by atomic mass is 35.5. The summed E-state index contributed by atoms with van der Waals surface area (Å²) in [6.07, 6.45) is 5.54. The number of fused-ring (bicyclic) bond motifs is 2. The Balaban J connectivity index is 1.86. The molecule has 2 atom stereocenters. The Morgan fingerprint density at radius 1 is 1.22 bits per heavy atom. The van der Waals surface area contributed by atoms with E-state index in [1.807, 2.05) is 12.1 Å². The Hall–Kier alpha value is -0.730. The van der Waals surface area contributed by atoms with Crippen LogP contribution in [0.25, 0.3) is 0 Å². The van der Waals surface area contributed by atoms with Crippen LogP contribution in [0.5, 0.6) is 0 Å². The highest BCUT2D eigenvalue weighted by Crippen LogP contribution is 2.37. The van der Waals surface area contributed by atoms with Crippen molar-refractivity contribution in [1.82, 2.24) is 0 Å². The van der Waals surface area contributed by atoms with Gasteiger partial charge in [-0.15, -0.1) is 0 Å². The molecule has 18 heavy (non-hydrogen) atoms. The topological polar surface area (TPSA) is 23.5 Å². The Bertz CT molecular complexity index is 423. The maximum atomic E-state index is 9.49. The molecule has 1 aromatic rings. The van der Waals surface area contributed by atoms with E-state index < -0.39 is 0 Å². The molecule has 0 amide bonds. The zero-order valence-corrected chi connectivity index (χ0v) is 11.4. The van der Waals surface area contributed by atoms with E-state index in [0.717, 1.165) is 30.5 Å². The summed E-state index contributed by atoms with van der Waals surface area (Å²) in [6.45, 7) is 2.36. The van der Waals surface area contributed by atoms with Crippen molar-refractivity contribution < 1.29 is 5.11 Å². The molecule has 0 aromatic heterocycles. The standard InChI is InChI=1S/C15H20ClNO/c16-14-4-5-15(13(7-14)10-18)17-8-11-2-1-3-12(6-11)9-17/h4-5,7,11-12,18H,1-3,6,8-10H2. The smallest absolute Gasteiger partial charge is 0.0702 e. The lowest BCUT2D eigenvalue weighted by Gasteiger charge is -2.43. The van der Waals surface area contributed by atoms with Crippen molar-refractivity contribution in [2.45, 2.75) is 32.3 Å². The van der Waals surface area contributed by atoms with Gasteiger partial charge >= 0.3 is 0 Å². The number of hydrogen-bond donors (Lipinski definition) is 1. The lowest BCUT2D eigenvalue weighted by molar-refractivity contribution is 0.230. The van der Waals surface area contributed by atoms with Gasteiger partial charge in [0.15, 0.2) is 0 Å². The number of nitrogens with zero attached hydrogens (tertiary/aromatic N) is 1. The molecule has 98 valence electrons. The average Bonchev–Trinajstić information content (AvgIpc) is 2.38. The normalized spacial score (nSPS) is 27.3. The first-order valence-corrected chi connectivity index (χ1v) is 7.28. The van der Waals surface area contributed by atoms with Crippen LogP contribution in [0.4, 0.5) is 5.69 Å². The second-order valence-electron chi connectivity index (χ2n) is 5.73. The summed E-state index contributed by atoms with van der Waals surface area (Å²) in [6, 6.07) is 5.89. The number of rotatable bonds is 2. The second kappa shape index (κ2) is 5.10. The molecule has 1 N–H and O–H groups in total. The van der Waals surface area contributed by atoms with Crippen LogP contribution in [0.1, 0.15) is 31.2 Å². The Labute approximate surface area is 114 Å². The third-order valence-electron chi connectivity index (χ3n) is 4.40. The van der Waals surface area contributed by atoms with Gasteiger partial charge < -0.3 is 10.0 Å². The molecule has 0 spiro atoms. The van der Waals surface area contributed by atoms with E-state index in [0.29, 0.717) is 5.02 Å². The van der Waals surface area contributed by atoms with Gasteiger partial charge in [0, 0.05) is 29.4 Å². The third-order valence-corrected chi connectivity index (χ3v) is 4.64. The SMILES string of the molecule is OCc1cc(Cl)ccc1N1CC2CCCC(C2)C1. The van der Waals surface area contributed by atoms with Crippen molar-refractivity contribution in [2.24, 2.45) is 11.8 Å². The van der Waals surface area contributed by atoms with Gasteiger partial charge in [0.1, 0.15) is 0 Å². The quantitative estimate of drug-likeness (QED) is 0.885. The van der Waals surface area contributed by atoms with Crippen molar-refractivity contribution in [1.29, 1.82) is 0 Å². The molecule has 3 heteroatoms. The minimum absolute atomic E-state index is 0.0712. The fourth-order valence-corrected chi connectivity index (χ4v) is 3.81. The predicted molar refractivity (Wildman–Crippen MR) is 75.0 cm³/mol. The molecular formula is C15H20ClNO. The highest BCUT2D eigenvalue weighted by Gasteiger charge is 2.31. The number of halogens is 1. The third kappa shape index (κ3) is 2.36. The first kappa shape index (κ1) is 12.3. The fraction of sp³-hybridized carbons (Fsp3) is 0.600. The molecule has 1 heterocycles. The van der Waals surface area contributed by atoms with Crippen molar-refractivity contribution in [2.75, 3.05) is 18.0 Å². The lowest BCUT2D eigenvalue weighted by Crippen LogP contribution is -2.43. The molecule has 0 radical (unpaired) electrons. The molecule has 1 aliphatic heterocycles. The first-order chi connectivity index (χ1) is 8.76. The predicted octanol–water partition coefficient (Wildman–Crippen LogP) is 3.46. The van der Waals surface area contributed by atoms with Gasteiger partial charge in [-0.3, -0.25) is 0 Å². The second-order valence-corrected chi connectivity index (χ2v) is 6.17. The summed E-state index contributed by atoms with van der Waals surface area (Å²) in [5.74, 6) is 1.69. The molecule has 2 unspecified atom stereocenters. The van der Waals surface area contributed by atoms with Gasteiger partial charge in [0.25, 0.3) is 0 Å². The van der Waals surface area contributed by atoms with Crippen molar-refractivity contribution in [3.63, 3.8) is 0 Å². The number of anilines is 1. The van der Waals surface area contributed by atoms with Crippen LogP contribution in [0.15, 0.2) is 18.2 Å². The minimum atomic E-state index is 0.0712. The van der Waals surface area contributed by atoms with E-state index in [1.54, 1.807) is 0 Å². The summed E-state index contributed by atoms with van der Waals surface area (Å²) >= 11 is 6.00. The molecule has 2 bridgehead atoms. The molecule has 2 aliphatic rings. The number of aliphatic hydroxyl groups is 1. The van der Waals surface area contributed by atoms with E-state index in [-0.39, 0.29) is 6.61 Å². The Kier molecular flexibility index (Phi) is 3.49. The van der Waals surface area contributed by atoms with Crippen LogP contribution in [0.2, 0.25) is 5.02 Å². The van der Waals surface area contributed by atoms with E-state index in [1.165, 1.54) is 31.4 Å². The van der Waals surface area contributed by atoms with Crippen LogP contribution >= 0.6 is 11.6 Å². The maximum Gasteiger partial charge on any atom is 0.0702 e. The van der Waals surface area contributed by atoms with Gasteiger partial charge in [-0.1, -0.05) is 18.0 Å². The molecular weight excluding hydrogens is 246 g/mol. The summed E-state index contributed by atoms with van der Waals surface area (Å²) in [5, 5.41) is 10.2. The molecule has 1 saturated heterocycles.